The van der Waals surface area contributed by atoms with E-state index in [1.165, 1.54) is 20.4 Å². The molecule has 3 aromatic rings. The number of carbonyl (C=O) groups excluding carboxylic acids is 6. The van der Waals surface area contributed by atoms with Crippen molar-refractivity contribution < 1.29 is 42.3 Å². The Balaban J connectivity index is 0.744. The number of hydrogen-bond acceptors (Lipinski definition) is 14. The van der Waals surface area contributed by atoms with Gasteiger partial charge in [0.25, 0.3) is 23.6 Å². The van der Waals surface area contributed by atoms with Gasteiger partial charge in [-0.25, -0.2) is 4.98 Å². The summed E-state index contributed by atoms with van der Waals surface area (Å²) in [5.74, 6) is -6.36. The molecule has 2 aromatic carbocycles. The molecule has 20 heteroatoms. The molecule has 0 bridgehead atoms. The topological polar surface area (TPSA) is 193 Å². The summed E-state index contributed by atoms with van der Waals surface area (Å²) in [7, 11) is 4.95. The van der Waals surface area contributed by atoms with Crippen LogP contribution in [0.25, 0.3) is 0 Å². The Kier molecular flexibility index (Phi) is 12.9. The quantitative estimate of drug-likeness (QED) is 0.222. The fourth-order valence-electron chi connectivity index (χ4n) is 10.5. The second kappa shape index (κ2) is 18.8. The van der Waals surface area contributed by atoms with Gasteiger partial charge in [-0.15, -0.1) is 0 Å². The number of hydrogen-bond donors (Lipinski definition) is 3. The largest absolute Gasteiger partial charge is 0.495 e. The average molecular weight is 926 g/mol. The monoisotopic (exact) mass is 925 g/mol. The van der Waals surface area contributed by atoms with Crippen LogP contribution in [0.5, 0.6) is 5.75 Å². The first-order chi connectivity index (χ1) is 32.2. The molecule has 1 unspecified atom stereocenters. The number of benzene rings is 2. The van der Waals surface area contributed by atoms with Gasteiger partial charge in [0.05, 0.1) is 42.4 Å². The van der Waals surface area contributed by atoms with Crippen LogP contribution in [0.3, 0.4) is 0 Å². The van der Waals surface area contributed by atoms with Gasteiger partial charge in [0.15, 0.2) is 5.82 Å². The smallest absolute Gasteiger partial charge is 0.342 e. The molecule has 6 aliphatic rings. The van der Waals surface area contributed by atoms with Crippen LogP contribution in [0.4, 0.5) is 37.6 Å². The maximum Gasteiger partial charge on any atom is 0.342 e. The SMILES string of the molecule is COc1cc(C(=O)NC2CCC(N(C)CCN3CCN(c4cccc5c4C(=O)N(C4CCC(=O)NC4=O)C5=O)CC3)CC2)ccc1Nc1ncc2c(n1)N(C1CCCC1)CC(F)(F)C(=O)N2C. The molecule has 9 rings (SSSR count). The number of piperazine rings is 1. The number of piperidine rings is 1. The first-order valence-corrected chi connectivity index (χ1v) is 23.3. The molecule has 2 aliphatic carbocycles. The van der Waals surface area contributed by atoms with Crippen LogP contribution in [-0.4, -0.2) is 157 Å². The van der Waals surface area contributed by atoms with E-state index in [2.05, 4.69) is 47.7 Å². The number of anilines is 5. The van der Waals surface area contributed by atoms with E-state index < -0.39 is 48.0 Å². The molecule has 0 spiro atoms. The molecule has 0 radical (unpaired) electrons. The van der Waals surface area contributed by atoms with Gasteiger partial charge in [0.1, 0.15) is 17.5 Å². The second-order valence-electron chi connectivity index (χ2n) is 18.5. The molecule has 1 atom stereocenters. The summed E-state index contributed by atoms with van der Waals surface area (Å²) >= 11 is 0. The van der Waals surface area contributed by atoms with Gasteiger partial charge in [0.2, 0.25) is 17.8 Å². The third kappa shape index (κ3) is 9.12. The number of likely N-dealkylation sites (N-methyl/N-ethyl adjacent to an activating group) is 1. The molecule has 356 valence electrons. The average Bonchev–Trinajstić information content (AvgIpc) is 3.94. The van der Waals surface area contributed by atoms with Crippen LogP contribution >= 0.6 is 0 Å². The Morgan fingerprint density at radius 2 is 1.69 bits per heavy atom. The lowest BCUT2D eigenvalue weighted by atomic mass is 9.90. The fourth-order valence-corrected chi connectivity index (χ4v) is 10.5. The van der Waals surface area contributed by atoms with E-state index in [-0.39, 0.29) is 53.8 Å². The van der Waals surface area contributed by atoms with Crippen LogP contribution in [0, 0.1) is 0 Å². The minimum absolute atomic E-state index is 0.0138. The number of rotatable bonds is 12. The maximum absolute atomic E-state index is 15.1. The van der Waals surface area contributed by atoms with E-state index in [1.807, 2.05) is 6.07 Å². The maximum atomic E-state index is 15.1. The molecule has 4 aliphatic heterocycles. The summed E-state index contributed by atoms with van der Waals surface area (Å²) < 4.78 is 35.8. The molecular weight excluding hydrogens is 869 g/mol. The molecule has 2 saturated heterocycles. The van der Waals surface area contributed by atoms with Crippen molar-refractivity contribution in [1.82, 2.24) is 35.3 Å². The predicted molar refractivity (Wildman–Crippen MR) is 244 cm³/mol. The minimum atomic E-state index is -3.58. The number of methoxy groups -OCH3 is 1. The lowest BCUT2D eigenvalue weighted by Gasteiger charge is -2.39. The van der Waals surface area contributed by atoms with Crippen molar-refractivity contribution >= 4 is 64.3 Å². The molecule has 5 heterocycles. The number of nitrogens with zero attached hydrogens (tertiary/aromatic N) is 8. The van der Waals surface area contributed by atoms with Crippen molar-refractivity contribution in [3.8, 4) is 5.75 Å². The number of carbonyl (C=O) groups is 6. The van der Waals surface area contributed by atoms with E-state index in [0.717, 1.165) is 87.3 Å². The highest BCUT2D eigenvalue weighted by Gasteiger charge is 2.49. The Hall–Kier alpha value is -6.28. The van der Waals surface area contributed by atoms with Gasteiger partial charge >= 0.3 is 5.92 Å². The Morgan fingerprint density at radius 1 is 0.940 bits per heavy atom. The number of ether oxygens (including phenoxy) is 1. The van der Waals surface area contributed by atoms with Crippen LogP contribution in [0.2, 0.25) is 0 Å². The summed E-state index contributed by atoms with van der Waals surface area (Å²) in [6.07, 6.45) is 8.38. The number of nitrogens with one attached hydrogen (secondary N) is 3. The summed E-state index contributed by atoms with van der Waals surface area (Å²) in [6, 6.07) is 9.48. The van der Waals surface area contributed by atoms with E-state index in [9.17, 15) is 28.8 Å². The molecule has 6 amide bonds. The molecule has 67 heavy (non-hydrogen) atoms. The minimum Gasteiger partial charge on any atom is -0.495 e. The Labute approximate surface area is 387 Å². The highest BCUT2D eigenvalue weighted by atomic mass is 19.3. The molecule has 18 nitrogen and oxygen atoms in total. The highest BCUT2D eigenvalue weighted by Crippen LogP contribution is 2.41. The first-order valence-electron chi connectivity index (χ1n) is 23.3. The zero-order valence-corrected chi connectivity index (χ0v) is 38.1. The van der Waals surface area contributed by atoms with Crippen molar-refractivity contribution in [2.24, 2.45) is 0 Å². The summed E-state index contributed by atoms with van der Waals surface area (Å²) in [4.78, 5) is 97.0. The zero-order chi connectivity index (χ0) is 47.1. The molecule has 2 saturated carbocycles. The summed E-state index contributed by atoms with van der Waals surface area (Å²) in [5.41, 5.74) is 2.40. The summed E-state index contributed by atoms with van der Waals surface area (Å²) in [5, 5.41) is 8.59. The molecule has 1 aromatic heterocycles. The van der Waals surface area contributed by atoms with Crippen LogP contribution in [0.15, 0.2) is 42.6 Å². The van der Waals surface area contributed by atoms with Crippen molar-refractivity contribution in [2.75, 3.05) is 87.0 Å². The second-order valence-corrected chi connectivity index (χ2v) is 18.5. The van der Waals surface area contributed by atoms with Gasteiger partial charge in [-0.3, -0.25) is 43.9 Å². The standard InChI is InChI=1S/C47H57F2N11O7/c1-55(19-20-57-21-23-58(24-22-57)34-10-6-9-32-39(34)44(65)60(43(32)64)35-17-18-38(61)53-42(35)63)30-14-12-29(13-15-30)51-41(62)28-11-16-33(37(25-28)67-3)52-46-50-26-36-40(54-46)59(31-7-4-5-8-31)27-47(48,49)45(66)56(36)2/h6,9-11,16,25-26,29-31,35H,4-5,7-8,12-15,17-24,27H2,1-3H3,(H,51,62)(H,50,52,54)(H,53,61,63). The lowest BCUT2D eigenvalue weighted by Crippen LogP contribution is -2.54. The third-order valence-corrected chi connectivity index (χ3v) is 14.4. The number of halogens is 2. The van der Waals surface area contributed by atoms with Crippen molar-refractivity contribution in [3.63, 3.8) is 0 Å². The van der Waals surface area contributed by atoms with Crippen LogP contribution in [-0.2, 0) is 14.4 Å². The van der Waals surface area contributed by atoms with Gasteiger partial charge < -0.3 is 35.0 Å². The Morgan fingerprint density at radius 3 is 2.40 bits per heavy atom. The van der Waals surface area contributed by atoms with Crippen molar-refractivity contribution in [3.05, 3.63) is 59.3 Å². The number of alkyl halides is 2. The highest BCUT2D eigenvalue weighted by molar-refractivity contribution is 6.25. The molecular formula is C47H57F2N11O7. The lowest BCUT2D eigenvalue weighted by molar-refractivity contribution is -0.140. The van der Waals surface area contributed by atoms with Gasteiger partial charge in [-0.1, -0.05) is 18.9 Å². The number of amides is 6. The van der Waals surface area contributed by atoms with Crippen LogP contribution in [0.1, 0.15) is 95.3 Å². The van der Waals surface area contributed by atoms with E-state index in [1.54, 1.807) is 35.2 Å². The fraction of sp³-hybridized carbons (Fsp3) is 0.532. The van der Waals surface area contributed by atoms with Crippen LogP contribution < -0.4 is 35.4 Å². The number of imide groups is 2. The summed E-state index contributed by atoms with van der Waals surface area (Å²) in [6.45, 7) is 3.89. The normalized spacial score (nSPS) is 23.6. The van der Waals surface area contributed by atoms with Gasteiger partial charge in [0, 0.05) is 76.4 Å². The molecule has 3 N–H and O–H groups in total. The van der Waals surface area contributed by atoms with Crippen molar-refractivity contribution in [2.45, 2.75) is 94.3 Å². The predicted octanol–water partition coefficient (Wildman–Crippen LogP) is 3.79. The number of aromatic nitrogens is 2. The molecule has 4 fully saturated rings. The number of fused-ring (bicyclic) bond motifs is 2. The van der Waals surface area contributed by atoms with E-state index in [0.29, 0.717) is 47.4 Å². The first kappa shape index (κ1) is 45.9. The van der Waals surface area contributed by atoms with Gasteiger partial charge in [-0.2, -0.15) is 13.8 Å². The van der Waals surface area contributed by atoms with E-state index in [4.69, 9.17) is 4.74 Å². The van der Waals surface area contributed by atoms with E-state index >= 15 is 8.78 Å². The van der Waals surface area contributed by atoms with Crippen molar-refractivity contribution in [1.29, 1.82) is 0 Å². The Bertz CT molecular complexity index is 2450. The van der Waals surface area contributed by atoms with Gasteiger partial charge in [-0.05, 0) is 82.3 Å². The zero-order valence-electron chi connectivity index (χ0n) is 38.1. The third-order valence-electron chi connectivity index (χ3n) is 14.4.